The lowest BCUT2D eigenvalue weighted by molar-refractivity contribution is 0.155. The van der Waals surface area contributed by atoms with Crippen molar-refractivity contribution in [3.8, 4) is 0 Å². The van der Waals surface area contributed by atoms with Crippen LogP contribution in [0.25, 0.3) is 0 Å². The number of rotatable bonds is 9. The Kier molecular flexibility index (Phi) is 9.59. The van der Waals surface area contributed by atoms with E-state index < -0.39 is 9.84 Å². The van der Waals surface area contributed by atoms with E-state index >= 15 is 0 Å². The summed E-state index contributed by atoms with van der Waals surface area (Å²) in [5, 5.41) is 6.31. The fourth-order valence-corrected chi connectivity index (χ4v) is 2.16. The van der Waals surface area contributed by atoms with Crippen molar-refractivity contribution in [3.63, 3.8) is 0 Å². The molecule has 0 spiro atoms. The van der Waals surface area contributed by atoms with Crippen LogP contribution in [0.15, 0.2) is 4.99 Å². The first kappa shape index (κ1) is 18.2. The molecular formula is C12H27N3O3S. The Morgan fingerprint density at radius 1 is 1.37 bits per heavy atom. The molecule has 0 fully saturated rings. The predicted molar refractivity (Wildman–Crippen MR) is 79.4 cm³/mol. The Morgan fingerprint density at radius 2 is 2.05 bits per heavy atom. The quantitative estimate of drug-likeness (QED) is 0.365. The second-order valence-corrected chi connectivity index (χ2v) is 6.68. The van der Waals surface area contributed by atoms with Crippen LogP contribution < -0.4 is 10.6 Å². The van der Waals surface area contributed by atoms with Gasteiger partial charge in [0.25, 0.3) is 0 Å². The average molecular weight is 293 g/mol. The van der Waals surface area contributed by atoms with Crippen LogP contribution in [0, 0.1) is 0 Å². The highest BCUT2D eigenvalue weighted by Gasteiger charge is 2.09. The van der Waals surface area contributed by atoms with Crippen molar-refractivity contribution >= 4 is 15.8 Å². The monoisotopic (exact) mass is 293 g/mol. The number of hydrogen-bond acceptors (Lipinski definition) is 4. The number of guanidine groups is 1. The minimum Gasteiger partial charge on any atom is -0.380 e. The van der Waals surface area contributed by atoms with E-state index in [0.717, 1.165) is 6.54 Å². The van der Waals surface area contributed by atoms with Gasteiger partial charge in [0.1, 0.15) is 9.84 Å². The van der Waals surface area contributed by atoms with Crippen LogP contribution in [-0.4, -0.2) is 58.7 Å². The van der Waals surface area contributed by atoms with Crippen LogP contribution >= 0.6 is 0 Å². The lowest BCUT2D eigenvalue weighted by Crippen LogP contribution is -2.43. The number of ether oxygens (including phenoxy) is 1. The Bertz CT molecular complexity index is 355. The standard InChI is InChI=1S/C12H27N3O3S/c1-5-13-12(14-8-9-18-6-2)15-11(3)7-10-19(4,16)17/h11H,5-10H2,1-4H3,(H2,13,14,15). The van der Waals surface area contributed by atoms with E-state index in [1.165, 1.54) is 6.26 Å². The van der Waals surface area contributed by atoms with E-state index in [-0.39, 0.29) is 11.8 Å². The third-order valence-electron chi connectivity index (χ3n) is 2.36. The van der Waals surface area contributed by atoms with Gasteiger partial charge < -0.3 is 15.4 Å². The Balaban J connectivity index is 4.16. The summed E-state index contributed by atoms with van der Waals surface area (Å²) in [5.74, 6) is 0.877. The maximum atomic E-state index is 11.1. The molecule has 0 saturated heterocycles. The molecular weight excluding hydrogens is 266 g/mol. The third kappa shape index (κ3) is 12.0. The lowest BCUT2D eigenvalue weighted by Gasteiger charge is -2.17. The van der Waals surface area contributed by atoms with Gasteiger partial charge in [-0.05, 0) is 27.2 Å². The predicted octanol–water partition coefficient (Wildman–Crippen LogP) is 0.401. The first-order valence-corrected chi connectivity index (χ1v) is 8.75. The van der Waals surface area contributed by atoms with E-state index in [2.05, 4.69) is 15.6 Å². The molecule has 0 aromatic carbocycles. The molecule has 7 heteroatoms. The zero-order chi connectivity index (χ0) is 14.7. The van der Waals surface area contributed by atoms with Crippen molar-refractivity contribution in [3.05, 3.63) is 0 Å². The summed E-state index contributed by atoms with van der Waals surface area (Å²) in [5.41, 5.74) is 0. The van der Waals surface area contributed by atoms with Gasteiger partial charge in [0.05, 0.1) is 18.9 Å². The van der Waals surface area contributed by atoms with E-state index in [1.54, 1.807) is 0 Å². The summed E-state index contributed by atoms with van der Waals surface area (Å²) in [6.45, 7) is 8.50. The highest BCUT2D eigenvalue weighted by Crippen LogP contribution is 1.95. The zero-order valence-electron chi connectivity index (χ0n) is 12.4. The maximum absolute atomic E-state index is 11.1. The summed E-state index contributed by atoms with van der Waals surface area (Å²) >= 11 is 0. The molecule has 0 bridgehead atoms. The molecule has 2 N–H and O–H groups in total. The van der Waals surface area contributed by atoms with Gasteiger partial charge in [0.15, 0.2) is 5.96 Å². The molecule has 0 aromatic rings. The lowest BCUT2D eigenvalue weighted by atomic mass is 10.3. The number of nitrogens with one attached hydrogen (secondary N) is 2. The molecule has 0 aliphatic heterocycles. The largest absolute Gasteiger partial charge is 0.380 e. The van der Waals surface area contributed by atoms with Crippen molar-refractivity contribution in [2.24, 2.45) is 4.99 Å². The van der Waals surface area contributed by atoms with Crippen molar-refractivity contribution in [1.29, 1.82) is 0 Å². The third-order valence-corrected chi connectivity index (χ3v) is 3.34. The molecule has 0 aliphatic rings. The molecule has 114 valence electrons. The highest BCUT2D eigenvalue weighted by atomic mass is 32.2. The van der Waals surface area contributed by atoms with Gasteiger partial charge in [-0.3, -0.25) is 4.99 Å². The van der Waals surface area contributed by atoms with Crippen LogP contribution in [0.2, 0.25) is 0 Å². The van der Waals surface area contributed by atoms with Crippen LogP contribution in [0.4, 0.5) is 0 Å². The van der Waals surface area contributed by atoms with Gasteiger partial charge in [-0.15, -0.1) is 0 Å². The van der Waals surface area contributed by atoms with Crippen molar-refractivity contribution in [2.75, 3.05) is 38.3 Å². The normalized spacial score (nSPS) is 14.2. The number of hydrogen-bond donors (Lipinski definition) is 2. The molecule has 1 atom stereocenters. The molecule has 0 aliphatic carbocycles. The molecule has 0 heterocycles. The molecule has 6 nitrogen and oxygen atoms in total. The number of sulfone groups is 1. The summed E-state index contributed by atoms with van der Waals surface area (Å²) in [6.07, 6.45) is 1.82. The van der Waals surface area contributed by atoms with Gasteiger partial charge >= 0.3 is 0 Å². The molecule has 0 radical (unpaired) electrons. The summed E-state index contributed by atoms with van der Waals surface area (Å²) < 4.78 is 27.4. The second-order valence-electron chi connectivity index (χ2n) is 4.42. The van der Waals surface area contributed by atoms with E-state index in [9.17, 15) is 8.42 Å². The van der Waals surface area contributed by atoms with Crippen molar-refractivity contribution in [1.82, 2.24) is 10.6 Å². The van der Waals surface area contributed by atoms with Gasteiger partial charge in [-0.1, -0.05) is 0 Å². The average Bonchev–Trinajstić information content (AvgIpc) is 2.31. The molecule has 19 heavy (non-hydrogen) atoms. The SMILES string of the molecule is CCNC(=NCCOCC)NC(C)CCS(C)(=O)=O. The highest BCUT2D eigenvalue weighted by molar-refractivity contribution is 7.90. The van der Waals surface area contributed by atoms with Crippen LogP contribution in [0.5, 0.6) is 0 Å². The molecule has 0 aromatic heterocycles. The minimum atomic E-state index is -2.91. The number of aliphatic imine (C=N–C) groups is 1. The van der Waals surface area contributed by atoms with E-state index in [1.807, 2.05) is 20.8 Å². The van der Waals surface area contributed by atoms with Crippen molar-refractivity contribution < 1.29 is 13.2 Å². The van der Waals surface area contributed by atoms with Crippen LogP contribution in [0.3, 0.4) is 0 Å². The van der Waals surface area contributed by atoms with Gasteiger partial charge in [0.2, 0.25) is 0 Å². The summed E-state index contributed by atoms with van der Waals surface area (Å²) in [4.78, 5) is 4.36. The summed E-state index contributed by atoms with van der Waals surface area (Å²) in [7, 11) is -2.91. The van der Waals surface area contributed by atoms with E-state index in [0.29, 0.717) is 32.1 Å². The first-order chi connectivity index (χ1) is 8.89. The van der Waals surface area contributed by atoms with Gasteiger partial charge in [0, 0.05) is 25.4 Å². The van der Waals surface area contributed by atoms with Gasteiger partial charge in [-0.2, -0.15) is 0 Å². The second kappa shape index (κ2) is 10.0. The smallest absolute Gasteiger partial charge is 0.191 e. The van der Waals surface area contributed by atoms with Gasteiger partial charge in [-0.25, -0.2) is 8.42 Å². The number of nitrogens with zero attached hydrogens (tertiary/aromatic N) is 1. The van der Waals surface area contributed by atoms with Crippen molar-refractivity contribution in [2.45, 2.75) is 33.2 Å². The Hall–Kier alpha value is -0.820. The minimum absolute atomic E-state index is 0.0552. The van der Waals surface area contributed by atoms with E-state index in [4.69, 9.17) is 4.74 Å². The summed E-state index contributed by atoms with van der Waals surface area (Å²) in [6, 6.07) is 0.0552. The fraction of sp³-hybridized carbons (Fsp3) is 0.917. The maximum Gasteiger partial charge on any atom is 0.191 e. The fourth-order valence-electron chi connectivity index (χ4n) is 1.38. The zero-order valence-corrected chi connectivity index (χ0v) is 13.2. The Morgan fingerprint density at radius 3 is 2.58 bits per heavy atom. The Labute approximate surface area is 116 Å². The van der Waals surface area contributed by atoms with Crippen LogP contribution in [0.1, 0.15) is 27.2 Å². The molecule has 0 amide bonds. The first-order valence-electron chi connectivity index (χ1n) is 6.69. The van der Waals surface area contributed by atoms with Crippen LogP contribution in [-0.2, 0) is 14.6 Å². The topological polar surface area (TPSA) is 79.8 Å². The molecule has 0 rings (SSSR count). The molecule has 1 unspecified atom stereocenters. The molecule has 0 saturated carbocycles.